The van der Waals surface area contributed by atoms with Gasteiger partial charge in [-0.1, -0.05) is 50.7 Å². The summed E-state index contributed by atoms with van der Waals surface area (Å²) in [6.45, 7) is 0. The molecule has 6 nitrogen and oxygen atoms in total. The highest BCUT2D eigenvalue weighted by Gasteiger charge is 2.53. The highest BCUT2D eigenvalue weighted by molar-refractivity contribution is 5.90. The summed E-state index contributed by atoms with van der Waals surface area (Å²) in [4.78, 5) is 19.1. The maximum absolute atomic E-state index is 13.9. The van der Waals surface area contributed by atoms with Crippen LogP contribution in [0, 0.1) is 11.8 Å². The third-order valence-corrected chi connectivity index (χ3v) is 8.43. The van der Waals surface area contributed by atoms with Crippen molar-refractivity contribution >= 4 is 16.9 Å². The number of nitrogens with zero attached hydrogens (tertiary/aromatic N) is 2. The standard InChI is InChI=1S/C29H37N3O3/c1-34-22-17-18-26(35-2)23(19-22)27-31-24-15-9-10-16-25(24)32(27)29(28(30)33,20-11-5-3-6-12-20)21-13-7-4-8-14-21/h9-10,15-21H,3-8,11-14H2,1-2H3,(H2,30,33). The van der Waals surface area contributed by atoms with Gasteiger partial charge in [0.25, 0.3) is 0 Å². The zero-order valence-electron chi connectivity index (χ0n) is 21.0. The molecule has 0 spiro atoms. The van der Waals surface area contributed by atoms with Crippen LogP contribution in [0.2, 0.25) is 0 Å². The summed E-state index contributed by atoms with van der Waals surface area (Å²) in [5, 5.41) is 0. The third kappa shape index (κ3) is 3.97. The average molecular weight is 476 g/mol. The molecule has 0 saturated heterocycles. The number of rotatable bonds is 7. The zero-order valence-corrected chi connectivity index (χ0v) is 21.0. The molecule has 1 amide bonds. The number of para-hydroxylation sites is 2. The van der Waals surface area contributed by atoms with E-state index in [1.54, 1.807) is 14.2 Å². The molecule has 0 atom stereocenters. The number of methoxy groups -OCH3 is 2. The molecule has 2 aromatic carbocycles. The predicted molar refractivity (Wildman–Crippen MR) is 139 cm³/mol. The van der Waals surface area contributed by atoms with Gasteiger partial charge >= 0.3 is 0 Å². The van der Waals surface area contributed by atoms with E-state index < -0.39 is 5.54 Å². The van der Waals surface area contributed by atoms with Crippen molar-refractivity contribution in [2.24, 2.45) is 17.6 Å². The fraction of sp³-hybridized carbons (Fsp3) is 0.517. The van der Waals surface area contributed by atoms with Crippen LogP contribution in [0.15, 0.2) is 42.5 Å². The molecule has 35 heavy (non-hydrogen) atoms. The van der Waals surface area contributed by atoms with E-state index in [0.717, 1.165) is 79.5 Å². The Balaban J connectivity index is 1.86. The first kappa shape index (κ1) is 23.7. The molecule has 0 radical (unpaired) electrons. The summed E-state index contributed by atoms with van der Waals surface area (Å²) in [5.74, 6) is 2.31. The molecule has 2 aliphatic carbocycles. The molecule has 1 heterocycles. The van der Waals surface area contributed by atoms with Gasteiger partial charge in [0.05, 0.1) is 30.8 Å². The SMILES string of the molecule is COc1ccc(OC)c(-c2nc3ccccc3n2C(C(N)=O)(C2CCCCC2)C2CCCCC2)c1. The Morgan fingerprint density at radius 2 is 1.54 bits per heavy atom. The van der Waals surface area contributed by atoms with Gasteiger partial charge in [0.1, 0.15) is 22.9 Å². The molecule has 5 rings (SSSR count). The summed E-state index contributed by atoms with van der Waals surface area (Å²) < 4.78 is 13.6. The smallest absolute Gasteiger partial charge is 0.244 e. The second kappa shape index (κ2) is 9.92. The Hall–Kier alpha value is -3.02. The number of ether oxygens (including phenoxy) is 2. The number of benzene rings is 2. The molecule has 3 aromatic rings. The normalized spacial score (nSPS) is 18.0. The summed E-state index contributed by atoms with van der Waals surface area (Å²) in [6, 6.07) is 13.9. The molecule has 2 fully saturated rings. The maximum atomic E-state index is 13.9. The van der Waals surface area contributed by atoms with Crippen molar-refractivity contribution in [1.82, 2.24) is 9.55 Å². The van der Waals surface area contributed by atoms with Gasteiger partial charge in [0.2, 0.25) is 5.91 Å². The second-order valence-electron chi connectivity index (χ2n) is 10.2. The largest absolute Gasteiger partial charge is 0.497 e. The summed E-state index contributed by atoms with van der Waals surface area (Å²) in [6.07, 6.45) is 11.0. The van der Waals surface area contributed by atoms with Gasteiger partial charge in [-0.3, -0.25) is 4.79 Å². The molecule has 0 aliphatic heterocycles. The van der Waals surface area contributed by atoms with E-state index >= 15 is 0 Å². The monoisotopic (exact) mass is 475 g/mol. The topological polar surface area (TPSA) is 79.4 Å². The van der Waals surface area contributed by atoms with E-state index in [4.69, 9.17) is 20.2 Å². The van der Waals surface area contributed by atoms with E-state index in [0.29, 0.717) is 5.75 Å². The van der Waals surface area contributed by atoms with Crippen LogP contribution < -0.4 is 15.2 Å². The Kier molecular flexibility index (Phi) is 6.72. The van der Waals surface area contributed by atoms with Gasteiger partial charge in [0, 0.05) is 0 Å². The zero-order chi connectivity index (χ0) is 24.4. The van der Waals surface area contributed by atoms with Gasteiger partial charge in [-0.05, 0) is 67.9 Å². The Morgan fingerprint density at radius 3 is 2.11 bits per heavy atom. The summed E-state index contributed by atoms with van der Waals surface area (Å²) in [7, 11) is 3.33. The predicted octanol–water partition coefficient (Wildman–Crippen LogP) is 6.06. The summed E-state index contributed by atoms with van der Waals surface area (Å²) in [5.41, 5.74) is 8.36. The quantitative estimate of drug-likeness (QED) is 0.450. The minimum absolute atomic E-state index is 0.185. The van der Waals surface area contributed by atoms with Crippen molar-refractivity contribution in [1.29, 1.82) is 0 Å². The number of imidazole rings is 1. The van der Waals surface area contributed by atoms with E-state index in [1.165, 1.54) is 12.8 Å². The number of nitrogens with two attached hydrogens (primary N) is 1. The van der Waals surface area contributed by atoms with Gasteiger partial charge < -0.3 is 19.8 Å². The first-order valence-corrected chi connectivity index (χ1v) is 13.1. The third-order valence-electron chi connectivity index (χ3n) is 8.43. The van der Waals surface area contributed by atoms with Crippen molar-refractivity contribution < 1.29 is 14.3 Å². The van der Waals surface area contributed by atoms with E-state index in [-0.39, 0.29) is 17.7 Å². The molecule has 2 aliphatic rings. The van der Waals surface area contributed by atoms with Gasteiger partial charge in [-0.15, -0.1) is 0 Å². The molecule has 6 heteroatoms. The first-order chi connectivity index (χ1) is 17.1. The molecular weight excluding hydrogens is 438 g/mol. The summed E-state index contributed by atoms with van der Waals surface area (Å²) >= 11 is 0. The Labute approximate surface area is 207 Å². The number of aromatic nitrogens is 2. The van der Waals surface area contributed by atoms with Gasteiger partial charge in [-0.25, -0.2) is 4.98 Å². The lowest BCUT2D eigenvalue weighted by atomic mass is 9.63. The van der Waals surface area contributed by atoms with Crippen LogP contribution in [0.4, 0.5) is 0 Å². The lowest BCUT2D eigenvalue weighted by Gasteiger charge is -2.48. The van der Waals surface area contributed by atoms with Gasteiger partial charge in [-0.2, -0.15) is 0 Å². The number of carbonyl (C=O) groups is 1. The number of amides is 1. The van der Waals surface area contributed by atoms with Crippen LogP contribution in [0.3, 0.4) is 0 Å². The minimum atomic E-state index is -0.833. The van der Waals surface area contributed by atoms with E-state index in [9.17, 15) is 4.79 Å². The highest BCUT2D eigenvalue weighted by Crippen LogP contribution is 2.51. The lowest BCUT2D eigenvalue weighted by Crippen LogP contribution is -2.58. The van der Waals surface area contributed by atoms with Gasteiger partial charge in [0.15, 0.2) is 0 Å². The average Bonchev–Trinajstić information content (AvgIpc) is 3.29. The van der Waals surface area contributed by atoms with Crippen molar-refractivity contribution in [2.45, 2.75) is 69.7 Å². The van der Waals surface area contributed by atoms with Crippen LogP contribution >= 0.6 is 0 Å². The van der Waals surface area contributed by atoms with Crippen LogP contribution in [-0.4, -0.2) is 29.7 Å². The number of hydrogen-bond donors (Lipinski definition) is 1. The molecule has 0 bridgehead atoms. The van der Waals surface area contributed by atoms with Crippen LogP contribution in [-0.2, 0) is 10.3 Å². The molecule has 186 valence electrons. The number of primary amides is 1. The van der Waals surface area contributed by atoms with Crippen molar-refractivity contribution in [3.63, 3.8) is 0 Å². The van der Waals surface area contributed by atoms with Crippen LogP contribution in [0.25, 0.3) is 22.4 Å². The fourth-order valence-electron chi connectivity index (χ4n) is 6.87. The molecule has 2 saturated carbocycles. The minimum Gasteiger partial charge on any atom is -0.497 e. The number of hydrogen-bond acceptors (Lipinski definition) is 4. The second-order valence-corrected chi connectivity index (χ2v) is 10.2. The van der Waals surface area contributed by atoms with Crippen molar-refractivity contribution in [3.8, 4) is 22.9 Å². The molecular formula is C29H37N3O3. The first-order valence-electron chi connectivity index (χ1n) is 13.1. The van der Waals surface area contributed by atoms with Crippen molar-refractivity contribution in [2.75, 3.05) is 14.2 Å². The van der Waals surface area contributed by atoms with E-state index in [2.05, 4.69) is 10.6 Å². The molecule has 2 N–H and O–H groups in total. The molecule has 1 aromatic heterocycles. The van der Waals surface area contributed by atoms with Crippen LogP contribution in [0.5, 0.6) is 11.5 Å². The van der Waals surface area contributed by atoms with E-state index in [1.807, 2.05) is 36.4 Å². The highest BCUT2D eigenvalue weighted by atomic mass is 16.5. The number of carbonyl (C=O) groups excluding carboxylic acids is 1. The Morgan fingerprint density at radius 1 is 0.914 bits per heavy atom. The molecule has 0 unspecified atom stereocenters. The lowest BCUT2D eigenvalue weighted by molar-refractivity contribution is -0.135. The van der Waals surface area contributed by atoms with Crippen molar-refractivity contribution in [3.05, 3.63) is 42.5 Å². The fourth-order valence-corrected chi connectivity index (χ4v) is 6.87. The maximum Gasteiger partial charge on any atom is 0.244 e. The van der Waals surface area contributed by atoms with Crippen LogP contribution in [0.1, 0.15) is 64.2 Å². The Bertz CT molecular complexity index is 1170. The number of fused-ring (bicyclic) bond motifs is 1.